The Balaban J connectivity index is 1.48. The maximum atomic E-state index is 13.2. The van der Waals surface area contributed by atoms with Crippen molar-refractivity contribution in [3.63, 3.8) is 0 Å². The number of benzene rings is 4. The van der Waals surface area contributed by atoms with Crippen LogP contribution in [0, 0.1) is 3.57 Å². The topological polar surface area (TPSA) is 106 Å². The lowest BCUT2D eigenvalue weighted by atomic mass is 10.1. The minimum absolute atomic E-state index is 0.0664. The van der Waals surface area contributed by atoms with E-state index in [0.29, 0.717) is 28.1 Å². The van der Waals surface area contributed by atoms with Crippen molar-refractivity contribution in [1.29, 1.82) is 0 Å². The number of nitrogens with one attached hydrogen (secondary N) is 2. The fourth-order valence-corrected chi connectivity index (χ4v) is 6.24. The van der Waals surface area contributed by atoms with E-state index in [4.69, 9.17) is 9.47 Å². The molecule has 0 heterocycles. The number of nitrogens with zero attached hydrogens (tertiary/aromatic N) is 1. The predicted octanol–water partition coefficient (Wildman–Crippen LogP) is 6.44. The summed E-state index contributed by atoms with van der Waals surface area (Å²) in [5.74, 6) is 0.390. The van der Waals surface area contributed by atoms with Gasteiger partial charge in [0.15, 0.2) is 11.5 Å². The maximum absolute atomic E-state index is 13.2. The molecule has 218 valence electrons. The first-order valence-corrected chi connectivity index (χ1v) is 16.7. The Morgan fingerprint density at radius 1 is 0.976 bits per heavy atom. The van der Waals surface area contributed by atoms with Crippen LogP contribution in [0.2, 0.25) is 0 Å². The standard InChI is InChI=1S/C30H26Br2IN3O5S/c1-40-28-17-22(15-26(32)29(28)41-19-21-7-9-23(31)10-8-21)18-34-35-30(37)27(16-20-5-3-2-4-6-20)36-42(38,39)25-13-11-24(33)12-14-25/h2-15,17-18,27,36H,16,19H2,1H3,(H,35,37)/b34-18-/t27-/m0/s1. The van der Waals surface area contributed by atoms with E-state index in [1.54, 1.807) is 24.3 Å². The average molecular weight is 827 g/mol. The second-order valence-electron chi connectivity index (χ2n) is 9.00. The van der Waals surface area contributed by atoms with Crippen LogP contribution in [-0.2, 0) is 27.8 Å². The Kier molecular flexibility index (Phi) is 11.6. The average Bonchev–Trinajstić information content (AvgIpc) is 2.97. The van der Waals surface area contributed by atoms with Gasteiger partial charge in [-0.2, -0.15) is 9.82 Å². The molecular weight excluding hydrogens is 801 g/mol. The van der Waals surface area contributed by atoms with Crippen molar-refractivity contribution in [2.24, 2.45) is 5.10 Å². The summed E-state index contributed by atoms with van der Waals surface area (Å²) >= 11 is 9.05. The van der Waals surface area contributed by atoms with Crippen LogP contribution in [0.4, 0.5) is 0 Å². The fourth-order valence-electron chi connectivity index (χ4n) is 3.85. The first kappa shape index (κ1) is 32.1. The summed E-state index contributed by atoms with van der Waals surface area (Å²) in [6.07, 6.45) is 1.58. The van der Waals surface area contributed by atoms with Gasteiger partial charge in [-0.25, -0.2) is 13.8 Å². The van der Waals surface area contributed by atoms with E-state index >= 15 is 0 Å². The van der Waals surface area contributed by atoms with Crippen LogP contribution in [0.1, 0.15) is 16.7 Å². The number of carbonyl (C=O) groups excluding carboxylic acids is 1. The van der Waals surface area contributed by atoms with E-state index in [2.05, 4.69) is 69.7 Å². The van der Waals surface area contributed by atoms with Gasteiger partial charge in [0.2, 0.25) is 10.0 Å². The lowest BCUT2D eigenvalue weighted by molar-refractivity contribution is -0.122. The van der Waals surface area contributed by atoms with Crippen molar-refractivity contribution >= 4 is 76.6 Å². The van der Waals surface area contributed by atoms with E-state index in [1.165, 1.54) is 25.5 Å². The highest BCUT2D eigenvalue weighted by molar-refractivity contribution is 14.1. The third-order valence-electron chi connectivity index (χ3n) is 5.96. The number of hydrogen-bond acceptors (Lipinski definition) is 6. The smallest absolute Gasteiger partial charge is 0.258 e. The molecule has 4 rings (SSSR count). The number of halogens is 3. The molecule has 0 saturated heterocycles. The zero-order valence-corrected chi connectivity index (χ0v) is 28.4. The monoisotopic (exact) mass is 825 g/mol. The quantitative estimate of drug-likeness (QED) is 0.0973. The third kappa shape index (κ3) is 9.11. The van der Waals surface area contributed by atoms with Crippen LogP contribution >= 0.6 is 54.5 Å². The molecular formula is C30H26Br2IN3O5S. The summed E-state index contributed by atoms with van der Waals surface area (Å²) in [5.41, 5.74) is 4.87. The molecule has 4 aromatic rings. The molecule has 0 aromatic heterocycles. The number of ether oxygens (including phenoxy) is 2. The summed E-state index contributed by atoms with van der Waals surface area (Å²) in [5, 5.41) is 4.08. The Labute approximate surface area is 275 Å². The third-order valence-corrected chi connectivity index (χ3v) is 9.28. The number of rotatable bonds is 12. The van der Waals surface area contributed by atoms with Crippen LogP contribution in [0.15, 0.2) is 110 Å². The minimum atomic E-state index is -3.97. The lowest BCUT2D eigenvalue weighted by Gasteiger charge is -2.17. The molecule has 0 fully saturated rings. The van der Waals surface area contributed by atoms with Gasteiger partial charge in [0.25, 0.3) is 5.91 Å². The molecule has 0 spiro atoms. The SMILES string of the molecule is COc1cc(/C=N\NC(=O)[C@H](Cc2ccccc2)NS(=O)(=O)c2ccc(I)cc2)cc(Br)c1OCc1ccc(Br)cc1. The Morgan fingerprint density at radius 3 is 2.33 bits per heavy atom. The maximum Gasteiger partial charge on any atom is 0.258 e. The van der Waals surface area contributed by atoms with Crippen molar-refractivity contribution in [3.05, 3.63) is 120 Å². The number of hydrazone groups is 1. The van der Waals surface area contributed by atoms with Crippen LogP contribution in [0.3, 0.4) is 0 Å². The zero-order valence-electron chi connectivity index (χ0n) is 22.3. The van der Waals surface area contributed by atoms with Gasteiger partial charge >= 0.3 is 0 Å². The van der Waals surface area contributed by atoms with Crippen molar-refractivity contribution < 1.29 is 22.7 Å². The number of sulfonamides is 1. The molecule has 0 saturated carbocycles. The summed E-state index contributed by atoms with van der Waals surface area (Å²) in [6, 6.07) is 25.7. The molecule has 0 aliphatic carbocycles. The molecule has 2 N–H and O–H groups in total. The van der Waals surface area contributed by atoms with Gasteiger partial charge in [0, 0.05) is 8.04 Å². The second-order valence-corrected chi connectivity index (χ2v) is 13.7. The van der Waals surface area contributed by atoms with Gasteiger partial charge in [0.05, 0.1) is 22.7 Å². The molecule has 0 bridgehead atoms. The molecule has 42 heavy (non-hydrogen) atoms. The summed E-state index contributed by atoms with van der Waals surface area (Å²) < 4.78 is 42.7. The normalized spacial score (nSPS) is 12.2. The van der Waals surface area contributed by atoms with E-state index in [1.807, 2.05) is 54.6 Å². The van der Waals surface area contributed by atoms with E-state index in [-0.39, 0.29) is 11.3 Å². The Morgan fingerprint density at radius 2 is 1.67 bits per heavy atom. The number of hydrogen-bond donors (Lipinski definition) is 2. The van der Waals surface area contributed by atoms with Crippen LogP contribution in [0.25, 0.3) is 0 Å². The summed E-state index contributed by atoms with van der Waals surface area (Å²) in [7, 11) is -2.44. The van der Waals surface area contributed by atoms with Gasteiger partial charge in [0.1, 0.15) is 12.6 Å². The lowest BCUT2D eigenvalue weighted by Crippen LogP contribution is -2.46. The number of carbonyl (C=O) groups is 1. The summed E-state index contributed by atoms with van der Waals surface area (Å²) in [6.45, 7) is 0.340. The van der Waals surface area contributed by atoms with Crippen LogP contribution in [0.5, 0.6) is 11.5 Å². The zero-order chi connectivity index (χ0) is 30.1. The van der Waals surface area contributed by atoms with Crippen molar-refractivity contribution in [3.8, 4) is 11.5 Å². The number of methoxy groups -OCH3 is 1. The van der Waals surface area contributed by atoms with E-state index in [9.17, 15) is 13.2 Å². The number of amides is 1. The Bertz CT molecular complexity index is 1650. The van der Waals surface area contributed by atoms with Gasteiger partial charge in [-0.3, -0.25) is 4.79 Å². The first-order chi connectivity index (χ1) is 20.1. The molecule has 1 amide bonds. The molecule has 0 aliphatic heterocycles. The Hall–Kier alpha value is -2.78. The first-order valence-electron chi connectivity index (χ1n) is 12.5. The molecule has 1 atom stereocenters. The molecule has 8 nitrogen and oxygen atoms in total. The fraction of sp³-hybridized carbons (Fsp3) is 0.133. The highest BCUT2D eigenvalue weighted by Gasteiger charge is 2.26. The van der Waals surface area contributed by atoms with Gasteiger partial charge < -0.3 is 9.47 Å². The van der Waals surface area contributed by atoms with E-state index < -0.39 is 22.0 Å². The highest BCUT2D eigenvalue weighted by atomic mass is 127. The van der Waals surface area contributed by atoms with Gasteiger partial charge in [-0.05, 0) is 110 Å². The predicted molar refractivity (Wildman–Crippen MR) is 178 cm³/mol. The summed E-state index contributed by atoms with van der Waals surface area (Å²) in [4.78, 5) is 13.2. The second kappa shape index (κ2) is 15.1. The molecule has 0 radical (unpaired) electrons. The van der Waals surface area contributed by atoms with Crippen molar-refractivity contribution in [2.75, 3.05) is 7.11 Å². The van der Waals surface area contributed by atoms with E-state index in [0.717, 1.165) is 19.2 Å². The molecule has 0 unspecified atom stereocenters. The molecule has 0 aliphatic rings. The largest absolute Gasteiger partial charge is 0.493 e. The van der Waals surface area contributed by atoms with Gasteiger partial charge in [-0.15, -0.1) is 0 Å². The van der Waals surface area contributed by atoms with Crippen molar-refractivity contribution in [1.82, 2.24) is 10.1 Å². The van der Waals surface area contributed by atoms with Crippen LogP contribution < -0.4 is 19.6 Å². The minimum Gasteiger partial charge on any atom is -0.493 e. The van der Waals surface area contributed by atoms with Crippen LogP contribution in [-0.4, -0.2) is 33.7 Å². The van der Waals surface area contributed by atoms with Gasteiger partial charge in [-0.1, -0.05) is 58.4 Å². The van der Waals surface area contributed by atoms with Crippen molar-refractivity contribution in [2.45, 2.75) is 24.0 Å². The molecule has 4 aromatic carbocycles. The molecule has 12 heteroatoms. The highest BCUT2D eigenvalue weighted by Crippen LogP contribution is 2.37.